The predicted molar refractivity (Wildman–Crippen MR) is 101 cm³/mol. The molecule has 25 heavy (non-hydrogen) atoms. The van der Waals surface area contributed by atoms with Gasteiger partial charge in [0.2, 0.25) is 5.91 Å². The Morgan fingerprint density at radius 2 is 1.32 bits per heavy atom. The van der Waals surface area contributed by atoms with Crippen LogP contribution < -0.4 is 5.73 Å². The van der Waals surface area contributed by atoms with Crippen LogP contribution in [-0.2, 0) is 22.4 Å². The van der Waals surface area contributed by atoms with Crippen molar-refractivity contribution in [3.63, 3.8) is 0 Å². The van der Waals surface area contributed by atoms with Gasteiger partial charge in [0.15, 0.2) is 0 Å². The summed E-state index contributed by atoms with van der Waals surface area (Å²) in [6.45, 7) is 3.79. The molecule has 0 fully saturated rings. The van der Waals surface area contributed by atoms with Crippen LogP contribution >= 0.6 is 0 Å². The van der Waals surface area contributed by atoms with E-state index in [1.54, 1.807) is 0 Å². The summed E-state index contributed by atoms with van der Waals surface area (Å²) in [5.41, 5.74) is 7.80. The molecule has 132 valence electrons. The second-order valence-electron chi connectivity index (χ2n) is 6.90. The smallest absolute Gasteiger partial charge is 0.220 e. The third-order valence-corrected chi connectivity index (χ3v) is 4.89. The maximum atomic E-state index is 12.7. The number of carbonyl (C=O) groups excluding carboxylic acids is 2. The summed E-state index contributed by atoms with van der Waals surface area (Å²) in [4.78, 5) is 24.4. The lowest BCUT2D eigenvalue weighted by molar-refractivity contribution is -0.126. The molecule has 3 heteroatoms. The molecule has 0 spiro atoms. The van der Waals surface area contributed by atoms with Crippen LogP contribution in [-0.4, -0.2) is 11.7 Å². The van der Waals surface area contributed by atoms with Gasteiger partial charge in [-0.25, -0.2) is 0 Å². The Morgan fingerprint density at radius 3 is 1.80 bits per heavy atom. The molecular weight excluding hydrogens is 310 g/mol. The first-order valence-electron chi connectivity index (χ1n) is 8.87. The number of ketones is 1. The summed E-state index contributed by atoms with van der Waals surface area (Å²) >= 11 is 0. The van der Waals surface area contributed by atoms with Crippen LogP contribution in [0.2, 0.25) is 0 Å². The summed E-state index contributed by atoms with van der Waals surface area (Å²) in [5, 5.41) is 0. The number of hydrogen-bond acceptors (Lipinski definition) is 2. The largest absolute Gasteiger partial charge is 0.369 e. The van der Waals surface area contributed by atoms with Crippen LogP contribution in [0, 0.1) is 17.8 Å². The number of nitrogens with two attached hydrogens (primary N) is 1. The van der Waals surface area contributed by atoms with Crippen LogP contribution in [0.15, 0.2) is 60.7 Å². The highest BCUT2D eigenvalue weighted by atomic mass is 16.1. The highest BCUT2D eigenvalue weighted by Gasteiger charge is 2.27. The molecule has 3 unspecified atom stereocenters. The molecule has 2 aromatic rings. The molecule has 0 radical (unpaired) electrons. The van der Waals surface area contributed by atoms with E-state index in [0.717, 1.165) is 17.5 Å². The molecule has 0 heterocycles. The minimum Gasteiger partial charge on any atom is -0.369 e. The number of amides is 1. The van der Waals surface area contributed by atoms with Gasteiger partial charge < -0.3 is 5.73 Å². The lowest BCUT2D eigenvalue weighted by atomic mass is 9.81. The van der Waals surface area contributed by atoms with Crippen LogP contribution in [0.3, 0.4) is 0 Å². The van der Waals surface area contributed by atoms with Gasteiger partial charge in [0.1, 0.15) is 5.78 Å². The van der Waals surface area contributed by atoms with Gasteiger partial charge in [-0.3, -0.25) is 9.59 Å². The third kappa shape index (κ3) is 5.86. The minimum atomic E-state index is -0.343. The number of rotatable bonds is 9. The van der Waals surface area contributed by atoms with Crippen molar-refractivity contribution in [3.8, 4) is 0 Å². The first kappa shape index (κ1) is 18.9. The Bertz CT molecular complexity index is 682. The van der Waals surface area contributed by atoms with Crippen molar-refractivity contribution in [2.24, 2.45) is 23.5 Å². The average Bonchev–Trinajstić information content (AvgIpc) is 2.62. The van der Waals surface area contributed by atoms with E-state index in [1.165, 1.54) is 0 Å². The highest BCUT2D eigenvalue weighted by Crippen LogP contribution is 2.24. The molecule has 2 aromatic carbocycles. The Morgan fingerprint density at radius 1 is 0.840 bits per heavy atom. The predicted octanol–water partition coefficient (Wildman–Crippen LogP) is 3.80. The molecule has 3 nitrogen and oxygen atoms in total. The van der Waals surface area contributed by atoms with E-state index in [9.17, 15) is 9.59 Å². The number of hydrogen-bond donors (Lipinski definition) is 1. The van der Waals surface area contributed by atoms with Crippen molar-refractivity contribution in [2.75, 3.05) is 0 Å². The second kappa shape index (κ2) is 9.16. The number of Topliss-reactive ketones (excluding diaryl/α,β-unsaturated/α-hetero) is 1. The van der Waals surface area contributed by atoms with Crippen molar-refractivity contribution < 1.29 is 9.59 Å². The van der Waals surface area contributed by atoms with Gasteiger partial charge in [-0.05, 0) is 29.9 Å². The third-order valence-electron chi connectivity index (χ3n) is 4.89. The molecular formula is C22H27NO2. The second-order valence-corrected chi connectivity index (χ2v) is 6.90. The van der Waals surface area contributed by atoms with Crippen molar-refractivity contribution >= 4 is 11.7 Å². The summed E-state index contributed by atoms with van der Waals surface area (Å²) in [6, 6.07) is 20.0. The Balaban J connectivity index is 2.04. The number of primary amides is 1. The first-order valence-corrected chi connectivity index (χ1v) is 8.87. The van der Waals surface area contributed by atoms with E-state index < -0.39 is 0 Å². The van der Waals surface area contributed by atoms with Gasteiger partial charge in [0.05, 0.1) is 0 Å². The zero-order chi connectivity index (χ0) is 18.2. The maximum Gasteiger partial charge on any atom is 0.220 e. The van der Waals surface area contributed by atoms with Gasteiger partial charge in [-0.2, -0.15) is 0 Å². The topological polar surface area (TPSA) is 60.2 Å². The van der Waals surface area contributed by atoms with Crippen LogP contribution in [0.4, 0.5) is 0 Å². The number of benzene rings is 2. The Labute approximate surface area is 150 Å². The van der Waals surface area contributed by atoms with E-state index in [1.807, 2.05) is 74.5 Å². The van der Waals surface area contributed by atoms with Crippen LogP contribution in [0.1, 0.15) is 31.4 Å². The SMILES string of the molecule is CC(Cc1ccccc1)C(=O)CC(Cc1ccccc1)C(C)C(N)=O. The molecule has 2 N–H and O–H groups in total. The van der Waals surface area contributed by atoms with Crippen molar-refractivity contribution in [1.29, 1.82) is 0 Å². The quantitative estimate of drug-likeness (QED) is 0.756. The molecule has 0 aliphatic carbocycles. The fourth-order valence-electron chi connectivity index (χ4n) is 3.12. The molecule has 0 saturated heterocycles. The lowest BCUT2D eigenvalue weighted by Crippen LogP contribution is -2.31. The average molecular weight is 337 g/mol. The molecule has 0 aliphatic heterocycles. The van der Waals surface area contributed by atoms with E-state index in [4.69, 9.17) is 5.73 Å². The van der Waals surface area contributed by atoms with Gasteiger partial charge in [0, 0.05) is 18.3 Å². The van der Waals surface area contributed by atoms with Crippen LogP contribution in [0.5, 0.6) is 0 Å². The fourth-order valence-corrected chi connectivity index (χ4v) is 3.12. The van der Waals surface area contributed by atoms with Crippen LogP contribution in [0.25, 0.3) is 0 Å². The minimum absolute atomic E-state index is 0.0642. The zero-order valence-corrected chi connectivity index (χ0v) is 15.0. The van der Waals surface area contributed by atoms with Gasteiger partial charge in [0.25, 0.3) is 0 Å². The molecule has 2 rings (SSSR count). The molecule has 3 atom stereocenters. The van der Waals surface area contributed by atoms with Gasteiger partial charge in [-0.15, -0.1) is 0 Å². The normalized spacial score (nSPS) is 14.5. The van der Waals surface area contributed by atoms with Crippen molar-refractivity contribution in [2.45, 2.75) is 33.1 Å². The summed E-state index contributed by atoms with van der Waals surface area (Å²) in [7, 11) is 0. The maximum absolute atomic E-state index is 12.7. The van der Waals surface area contributed by atoms with E-state index in [2.05, 4.69) is 0 Å². The molecule has 0 aliphatic rings. The Kier molecular flexibility index (Phi) is 6.93. The highest BCUT2D eigenvalue weighted by molar-refractivity contribution is 5.83. The summed E-state index contributed by atoms with van der Waals surface area (Å²) in [5.74, 6) is -0.609. The molecule has 0 bridgehead atoms. The van der Waals surface area contributed by atoms with E-state index in [-0.39, 0.29) is 29.4 Å². The molecule has 1 amide bonds. The fraction of sp³-hybridized carbons (Fsp3) is 0.364. The summed E-state index contributed by atoms with van der Waals surface area (Å²) in [6.07, 6.45) is 1.80. The molecule has 0 saturated carbocycles. The van der Waals surface area contributed by atoms with E-state index >= 15 is 0 Å². The van der Waals surface area contributed by atoms with Gasteiger partial charge in [-0.1, -0.05) is 74.5 Å². The standard InChI is InChI=1S/C22H27NO2/c1-16(13-18-9-5-3-6-10-18)21(24)15-20(17(2)22(23)25)14-19-11-7-4-8-12-19/h3-12,16-17,20H,13-15H2,1-2H3,(H2,23,25). The molecule has 0 aromatic heterocycles. The number of carbonyl (C=O) groups is 2. The Hall–Kier alpha value is -2.42. The van der Waals surface area contributed by atoms with Gasteiger partial charge >= 0.3 is 0 Å². The van der Waals surface area contributed by atoms with Crippen molar-refractivity contribution in [1.82, 2.24) is 0 Å². The summed E-state index contributed by atoms with van der Waals surface area (Å²) < 4.78 is 0. The zero-order valence-electron chi connectivity index (χ0n) is 15.0. The lowest BCUT2D eigenvalue weighted by Gasteiger charge is -2.23. The first-order chi connectivity index (χ1) is 12.0. The monoisotopic (exact) mass is 337 g/mol. The van der Waals surface area contributed by atoms with Crippen molar-refractivity contribution in [3.05, 3.63) is 71.8 Å². The van der Waals surface area contributed by atoms with E-state index in [0.29, 0.717) is 12.8 Å².